The van der Waals surface area contributed by atoms with E-state index in [2.05, 4.69) is 5.32 Å². The molecule has 0 aliphatic carbocycles. The van der Waals surface area contributed by atoms with Crippen LogP contribution in [0, 0.1) is 9.39 Å². The van der Waals surface area contributed by atoms with E-state index in [0.29, 0.717) is 26.3 Å². The van der Waals surface area contributed by atoms with Crippen LogP contribution in [0.1, 0.15) is 10.4 Å². The van der Waals surface area contributed by atoms with Gasteiger partial charge in [-0.15, -0.1) is 0 Å². The van der Waals surface area contributed by atoms with Gasteiger partial charge in [0.1, 0.15) is 11.6 Å². The fourth-order valence-electron chi connectivity index (χ4n) is 1.67. The van der Waals surface area contributed by atoms with Gasteiger partial charge in [-0.2, -0.15) is 0 Å². The smallest absolute Gasteiger partial charge is 0.256 e. The quantitative estimate of drug-likeness (QED) is 0.629. The molecule has 20 heavy (non-hydrogen) atoms. The Balaban J connectivity index is 2.28. The van der Waals surface area contributed by atoms with Crippen molar-refractivity contribution in [3.8, 4) is 5.75 Å². The lowest BCUT2D eigenvalue weighted by molar-refractivity contribution is 0.102. The zero-order chi connectivity index (χ0) is 14.7. The zero-order valence-corrected chi connectivity index (χ0v) is 12.8. The van der Waals surface area contributed by atoms with E-state index in [0.717, 1.165) is 0 Å². The molecule has 6 heteroatoms. The zero-order valence-electron chi connectivity index (χ0n) is 10.6. The molecular weight excluding hydrogens is 374 g/mol. The number of hydrogen-bond acceptors (Lipinski definition) is 3. The van der Waals surface area contributed by atoms with Crippen LogP contribution in [0.4, 0.5) is 15.8 Å². The molecular formula is C14H12FIN2O2. The lowest BCUT2D eigenvalue weighted by Gasteiger charge is -2.11. The van der Waals surface area contributed by atoms with Crippen molar-refractivity contribution < 1.29 is 13.9 Å². The van der Waals surface area contributed by atoms with Crippen molar-refractivity contribution in [3.05, 3.63) is 51.3 Å². The molecule has 1 amide bonds. The Morgan fingerprint density at radius 3 is 2.70 bits per heavy atom. The number of anilines is 2. The molecule has 0 radical (unpaired) electrons. The van der Waals surface area contributed by atoms with E-state index in [1.807, 2.05) is 22.6 Å². The van der Waals surface area contributed by atoms with Crippen molar-refractivity contribution in [1.29, 1.82) is 0 Å². The van der Waals surface area contributed by atoms with E-state index in [1.54, 1.807) is 18.2 Å². The highest BCUT2D eigenvalue weighted by molar-refractivity contribution is 14.1. The van der Waals surface area contributed by atoms with E-state index < -0.39 is 0 Å². The fourth-order valence-corrected chi connectivity index (χ4v) is 2.40. The number of carbonyl (C=O) groups is 1. The monoisotopic (exact) mass is 386 g/mol. The molecule has 0 aliphatic rings. The standard InChI is InChI=1S/C14H12FIN2O2/c1-20-13-7-9(17)3-5-12(13)18-14(19)10-4-2-8(15)6-11(10)16/h2-7H,17H2,1H3,(H,18,19). The summed E-state index contributed by atoms with van der Waals surface area (Å²) in [6.45, 7) is 0. The molecule has 0 bridgehead atoms. The predicted octanol–water partition coefficient (Wildman–Crippen LogP) is 3.27. The van der Waals surface area contributed by atoms with E-state index >= 15 is 0 Å². The van der Waals surface area contributed by atoms with Gasteiger partial charge in [-0.1, -0.05) is 0 Å². The summed E-state index contributed by atoms with van der Waals surface area (Å²) < 4.78 is 18.7. The molecule has 0 heterocycles. The van der Waals surface area contributed by atoms with Gasteiger partial charge in [0, 0.05) is 15.3 Å². The summed E-state index contributed by atoms with van der Waals surface area (Å²) in [5, 5.41) is 2.72. The summed E-state index contributed by atoms with van der Waals surface area (Å²) in [5.74, 6) is -0.246. The Labute approximate surface area is 129 Å². The van der Waals surface area contributed by atoms with Crippen LogP contribution >= 0.6 is 22.6 Å². The minimum atomic E-state index is -0.379. The lowest BCUT2D eigenvalue weighted by atomic mass is 10.2. The number of ether oxygens (including phenoxy) is 1. The predicted molar refractivity (Wildman–Crippen MR) is 84.5 cm³/mol. The minimum Gasteiger partial charge on any atom is -0.494 e. The number of nitrogens with two attached hydrogens (primary N) is 1. The number of nitrogen functional groups attached to an aromatic ring is 1. The van der Waals surface area contributed by atoms with E-state index in [4.69, 9.17) is 10.5 Å². The highest BCUT2D eigenvalue weighted by Crippen LogP contribution is 2.27. The first kappa shape index (κ1) is 14.6. The number of methoxy groups -OCH3 is 1. The average Bonchev–Trinajstić information content (AvgIpc) is 2.40. The van der Waals surface area contributed by atoms with E-state index in [9.17, 15) is 9.18 Å². The SMILES string of the molecule is COc1cc(N)ccc1NC(=O)c1ccc(F)cc1I. The van der Waals surface area contributed by atoms with Crippen molar-refractivity contribution in [2.24, 2.45) is 0 Å². The fraction of sp³-hybridized carbons (Fsp3) is 0.0714. The van der Waals surface area contributed by atoms with Crippen molar-refractivity contribution in [1.82, 2.24) is 0 Å². The third-order valence-corrected chi connectivity index (χ3v) is 3.54. The van der Waals surface area contributed by atoms with Crippen molar-refractivity contribution >= 4 is 39.9 Å². The van der Waals surface area contributed by atoms with Crippen LogP contribution < -0.4 is 15.8 Å². The highest BCUT2D eigenvalue weighted by atomic mass is 127. The van der Waals surface area contributed by atoms with Crippen LogP contribution in [0.5, 0.6) is 5.75 Å². The third kappa shape index (κ3) is 3.19. The Morgan fingerprint density at radius 1 is 1.30 bits per heavy atom. The normalized spacial score (nSPS) is 10.2. The molecule has 0 fully saturated rings. The van der Waals surface area contributed by atoms with Gasteiger partial charge < -0.3 is 15.8 Å². The second kappa shape index (κ2) is 6.08. The number of nitrogens with one attached hydrogen (secondary N) is 1. The maximum atomic E-state index is 13.0. The summed E-state index contributed by atoms with van der Waals surface area (Å²) in [5.41, 5.74) is 7.09. The second-order valence-corrected chi connectivity index (χ2v) is 5.20. The van der Waals surface area contributed by atoms with Gasteiger partial charge in [0.15, 0.2) is 0 Å². The van der Waals surface area contributed by atoms with Crippen LogP contribution in [0.2, 0.25) is 0 Å². The molecule has 2 aromatic carbocycles. The Kier molecular flexibility index (Phi) is 4.43. The van der Waals surface area contributed by atoms with Crippen molar-refractivity contribution in [3.63, 3.8) is 0 Å². The first-order valence-electron chi connectivity index (χ1n) is 5.71. The van der Waals surface area contributed by atoms with Gasteiger partial charge in [0.05, 0.1) is 18.4 Å². The van der Waals surface area contributed by atoms with Gasteiger partial charge in [0.25, 0.3) is 5.91 Å². The number of halogens is 2. The number of benzene rings is 2. The molecule has 104 valence electrons. The van der Waals surface area contributed by atoms with Gasteiger partial charge >= 0.3 is 0 Å². The van der Waals surface area contributed by atoms with Crippen molar-refractivity contribution in [2.45, 2.75) is 0 Å². The molecule has 4 nitrogen and oxygen atoms in total. The Bertz CT molecular complexity index is 662. The number of carbonyl (C=O) groups excluding carboxylic acids is 1. The third-order valence-electron chi connectivity index (χ3n) is 2.65. The Hall–Kier alpha value is -1.83. The number of amides is 1. The first-order chi connectivity index (χ1) is 9.51. The molecule has 0 aromatic heterocycles. The van der Waals surface area contributed by atoms with E-state index in [-0.39, 0.29) is 11.7 Å². The largest absolute Gasteiger partial charge is 0.494 e. The lowest BCUT2D eigenvalue weighted by Crippen LogP contribution is -2.14. The van der Waals surface area contributed by atoms with Crippen LogP contribution in [0.3, 0.4) is 0 Å². The van der Waals surface area contributed by atoms with Crippen LogP contribution in [0.15, 0.2) is 36.4 Å². The molecule has 0 saturated carbocycles. The molecule has 0 saturated heterocycles. The molecule has 2 aromatic rings. The molecule has 0 aliphatic heterocycles. The van der Waals surface area contributed by atoms with Gasteiger partial charge in [-0.25, -0.2) is 4.39 Å². The van der Waals surface area contributed by atoms with Crippen LogP contribution in [-0.4, -0.2) is 13.0 Å². The van der Waals surface area contributed by atoms with Gasteiger partial charge in [-0.3, -0.25) is 4.79 Å². The number of rotatable bonds is 3. The topological polar surface area (TPSA) is 64.3 Å². The molecule has 0 atom stereocenters. The maximum absolute atomic E-state index is 13.0. The van der Waals surface area contributed by atoms with Gasteiger partial charge in [0.2, 0.25) is 0 Å². The first-order valence-corrected chi connectivity index (χ1v) is 6.79. The van der Waals surface area contributed by atoms with Gasteiger partial charge in [-0.05, 0) is 52.9 Å². The maximum Gasteiger partial charge on any atom is 0.256 e. The summed E-state index contributed by atoms with van der Waals surface area (Å²) in [6, 6.07) is 8.92. The summed E-state index contributed by atoms with van der Waals surface area (Å²) in [4.78, 5) is 12.2. The summed E-state index contributed by atoms with van der Waals surface area (Å²) in [6.07, 6.45) is 0. The minimum absolute atomic E-state index is 0.336. The second-order valence-electron chi connectivity index (χ2n) is 4.04. The average molecular weight is 386 g/mol. The van der Waals surface area contributed by atoms with Crippen molar-refractivity contribution in [2.75, 3.05) is 18.2 Å². The molecule has 2 rings (SSSR count). The molecule has 0 unspecified atom stereocenters. The van der Waals surface area contributed by atoms with Crippen LogP contribution in [-0.2, 0) is 0 Å². The Morgan fingerprint density at radius 2 is 2.05 bits per heavy atom. The number of hydrogen-bond donors (Lipinski definition) is 2. The van der Waals surface area contributed by atoms with E-state index in [1.165, 1.54) is 25.3 Å². The summed E-state index contributed by atoms with van der Waals surface area (Å²) >= 11 is 1.92. The molecule has 0 spiro atoms. The molecule has 3 N–H and O–H groups in total. The van der Waals surface area contributed by atoms with Crippen LogP contribution in [0.25, 0.3) is 0 Å². The highest BCUT2D eigenvalue weighted by Gasteiger charge is 2.13. The summed E-state index contributed by atoms with van der Waals surface area (Å²) in [7, 11) is 1.49.